The summed E-state index contributed by atoms with van der Waals surface area (Å²) >= 11 is 1.64. The highest BCUT2D eigenvalue weighted by Crippen LogP contribution is 2.37. The van der Waals surface area contributed by atoms with Crippen LogP contribution >= 0.6 is 11.9 Å². The minimum absolute atomic E-state index is 0.360. The molecule has 0 saturated carbocycles. The van der Waals surface area contributed by atoms with E-state index in [9.17, 15) is 0 Å². The van der Waals surface area contributed by atoms with Crippen molar-refractivity contribution < 1.29 is 9.31 Å². The molecule has 1 fully saturated rings. The average molecular weight is 352 g/mol. The lowest BCUT2D eigenvalue weighted by atomic mass is 9.79. The predicted molar refractivity (Wildman–Crippen MR) is 103 cm³/mol. The maximum absolute atomic E-state index is 6.25. The first-order chi connectivity index (χ1) is 11.9. The van der Waals surface area contributed by atoms with Crippen molar-refractivity contribution in [2.45, 2.75) is 43.8 Å². The molecule has 1 aliphatic heterocycles. The summed E-state index contributed by atoms with van der Waals surface area (Å²) in [6.07, 6.45) is 3.90. The van der Waals surface area contributed by atoms with E-state index in [4.69, 9.17) is 9.31 Å². The van der Waals surface area contributed by atoms with Gasteiger partial charge in [0.25, 0.3) is 0 Å². The van der Waals surface area contributed by atoms with Crippen LogP contribution in [0.15, 0.2) is 59.8 Å². The lowest BCUT2D eigenvalue weighted by molar-refractivity contribution is 0.00578. The van der Waals surface area contributed by atoms with Gasteiger partial charge in [-0.15, -0.1) is 0 Å². The summed E-state index contributed by atoms with van der Waals surface area (Å²) in [5.74, 6) is 0. The monoisotopic (exact) mass is 352 g/mol. The molecule has 0 amide bonds. The van der Waals surface area contributed by atoms with Gasteiger partial charge in [-0.05, 0) is 63.9 Å². The Morgan fingerprint density at radius 2 is 1.64 bits per heavy atom. The topological polar surface area (TPSA) is 36.3 Å². The first-order valence-electron chi connectivity index (χ1n) is 8.42. The quantitative estimate of drug-likeness (QED) is 0.670. The molecule has 1 aliphatic rings. The lowest BCUT2D eigenvalue weighted by Gasteiger charge is -2.32. The second-order valence-corrected chi connectivity index (χ2v) is 8.32. The minimum atomic E-state index is -0.394. The zero-order chi connectivity index (χ0) is 17.7. The fraction of sp³-hybridized carbons (Fsp3) is 0.316. The molecule has 3 heterocycles. The molecule has 0 unspecified atom stereocenters. The summed E-state index contributed by atoms with van der Waals surface area (Å²) in [6, 6.07) is 14.3. The van der Waals surface area contributed by atoms with Crippen molar-refractivity contribution >= 4 is 35.6 Å². The van der Waals surface area contributed by atoms with Gasteiger partial charge in [0.1, 0.15) is 5.65 Å². The van der Waals surface area contributed by atoms with Crippen LogP contribution in [-0.4, -0.2) is 27.3 Å². The number of hydrogen-bond donors (Lipinski definition) is 0. The van der Waals surface area contributed by atoms with E-state index in [0.29, 0.717) is 0 Å². The summed E-state index contributed by atoms with van der Waals surface area (Å²) in [6.45, 7) is 8.29. The van der Waals surface area contributed by atoms with Crippen LogP contribution in [-0.2, 0) is 9.31 Å². The average Bonchev–Trinajstić information content (AvgIpc) is 3.03. The Balaban J connectivity index is 1.76. The van der Waals surface area contributed by atoms with E-state index in [0.717, 1.165) is 21.4 Å². The van der Waals surface area contributed by atoms with Crippen LogP contribution in [0.5, 0.6) is 0 Å². The molecule has 1 aromatic carbocycles. The largest absolute Gasteiger partial charge is 0.497 e. The van der Waals surface area contributed by atoms with Crippen molar-refractivity contribution in [2.24, 2.45) is 0 Å². The van der Waals surface area contributed by atoms with Crippen molar-refractivity contribution in [2.75, 3.05) is 0 Å². The number of aromatic nitrogens is 2. The van der Waals surface area contributed by atoms with E-state index in [-0.39, 0.29) is 11.2 Å². The SMILES string of the molecule is CC1(C)OB(c2cn(Sc3ccccc3)c3ncccc23)OC1(C)C. The van der Waals surface area contributed by atoms with Gasteiger partial charge in [-0.25, -0.2) is 4.98 Å². The third-order valence-corrected chi connectivity index (χ3v) is 5.97. The van der Waals surface area contributed by atoms with Gasteiger partial charge in [-0.2, -0.15) is 0 Å². The number of pyridine rings is 1. The molecule has 1 saturated heterocycles. The van der Waals surface area contributed by atoms with Crippen molar-refractivity contribution in [3.8, 4) is 0 Å². The van der Waals surface area contributed by atoms with E-state index in [1.165, 1.54) is 0 Å². The van der Waals surface area contributed by atoms with Gasteiger partial charge in [0, 0.05) is 28.1 Å². The first-order valence-corrected chi connectivity index (χ1v) is 9.20. The van der Waals surface area contributed by atoms with Crippen molar-refractivity contribution in [1.29, 1.82) is 0 Å². The van der Waals surface area contributed by atoms with Crippen LogP contribution in [0.4, 0.5) is 0 Å². The second kappa shape index (κ2) is 5.90. The highest BCUT2D eigenvalue weighted by atomic mass is 32.2. The van der Waals surface area contributed by atoms with Crippen LogP contribution in [0.3, 0.4) is 0 Å². The Morgan fingerprint density at radius 3 is 2.32 bits per heavy atom. The van der Waals surface area contributed by atoms with Gasteiger partial charge in [-0.3, -0.25) is 3.97 Å². The summed E-state index contributed by atoms with van der Waals surface area (Å²) < 4.78 is 14.6. The van der Waals surface area contributed by atoms with Crippen LogP contribution in [0.2, 0.25) is 0 Å². The van der Waals surface area contributed by atoms with Crippen LogP contribution in [0.25, 0.3) is 11.0 Å². The maximum atomic E-state index is 6.25. The Labute approximate surface area is 152 Å². The normalized spacial score (nSPS) is 18.8. The second-order valence-electron chi connectivity index (χ2n) is 7.28. The number of nitrogens with zero attached hydrogens (tertiary/aromatic N) is 2. The molecule has 6 heteroatoms. The smallest absolute Gasteiger partial charge is 0.399 e. The van der Waals surface area contributed by atoms with Gasteiger partial charge in [0.15, 0.2) is 0 Å². The Bertz CT molecular complexity index is 892. The molecule has 0 bridgehead atoms. The maximum Gasteiger partial charge on any atom is 0.497 e. The summed E-state index contributed by atoms with van der Waals surface area (Å²) in [7, 11) is -0.394. The predicted octanol–water partition coefficient (Wildman–Crippen LogP) is 3.89. The zero-order valence-electron chi connectivity index (χ0n) is 14.9. The van der Waals surface area contributed by atoms with E-state index in [1.54, 1.807) is 11.9 Å². The van der Waals surface area contributed by atoms with E-state index < -0.39 is 7.12 Å². The molecule has 2 aromatic heterocycles. The third-order valence-electron chi connectivity index (χ3n) is 5.02. The fourth-order valence-electron chi connectivity index (χ4n) is 2.88. The Morgan fingerprint density at radius 1 is 0.960 bits per heavy atom. The molecule has 128 valence electrons. The molecule has 0 aliphatic carbocycles. The van der Waals surface area contributed by atoms with Gasteiger partial charge in [-0.1, -0.05) is 18.2 Å². The molecule has 4 nitrogen and oxygen atoms in total. The van der Waals surface area contributed by atoms with E-state index in [2.05, 4.69) is 61.0 Å². The fourth-order valence-corrected chi connectivity index (χ4v) is 3.78. The van der Waals surface area contributed by atoms with Crippen molar-refractivity contribution in [1.82, 2.24) is 8.96 Å². The molecule has 0 radical (unpaired) electrons. The standard InChI is InChI=1S/C19H21BN2O2S/c1-18(2)19(3,4)24-20(23-18)16-13-22(17-15(16)11-8-12-21-17)25-14-9-6-5-7-10-14/h5-13H,1-4H3. The Hall–Kier alpha value is -1.76. The number of benzene rings is 1. The van der Waals surface area contributed by atoms with Gasteiger partial charge >= 0.3 is 7.12 Å². The van der Waals surface area contributed by atoms with E-state index >= 15 is 0 Å². The first kappa shape index (κ1) is 16.7. The lowest BCUT2D eigenvalue weighted by Crippen LogP contribution is -2.41. The molecule has 25 heavy (non-hydrogen) atoms. The molecule has 0 N–H and O–H groups in total. The number of rotatable bonds is 3. The zero-order valence-corrected chi connectivity index (χ0v) is 15.7. The van der Waals surface area contributed by atoms with Gasteiger partial charge in [0.2, 0.25) is 0 Å². The molecule has 4 rings (SSSR count). The summed E-state index contributed by atoms with van der Waals surface area (Å²) in [4.78, 5) is 5.73. The molecule has 3 aromatic rings. The van der Waals surface area contributed by atoms with Crippen LogP contribution < -0.4 is 5.46 Å². The highest BCUT2D eigenvalue weighted by Gasteiger charge is 2.52. The van der Waals surface area contributed by atoms with Crippen LogP contribution in [0, 0.1) is 0 Å². The van der Waals surface area contributed by atoms with Crippen molar-refractivity contribution in [3.63, 3.8) is 0 Å². The summed E-state index contributed by atoms with van der Waals surface area (Å²) in [5.41, 5.74) is 1.22. The molecule has 0 spiro atoms. The number of hydrogen-bond acceptors (Lipinski definition) is 4. The van der Waals surface area contributed by atoms with Gasteiger partial charge in [0.05, 0.1) is 11.2 Å². The molecular weight excluding hydrogens is 331 g/mol. The minimum Gasteiger partial charge on any atom is -0.399 e. The van der Waals surface area contributed by atoms with Crippen molar-refractivity contribution in [3.05, 3.63) is 54.9 Å². The molecular formula is C19H21BN2O2S. The third kappa shape index (κ3) is 2.88. The van der Waals surface area contributed by atoms with E-state index in [1.807, 2.05) is 30.5 Å². The van der Waals surface area contributed by atoms with Crippen LogP contribution in [0.1, 0.15) is 27.7 Å². The number of fused-ring (bicyclic) bond motifs is 1. The van der Waals surface area contributed by atoms with Gasteiger partial charge < -0.3 is 9.31 Å². The highest BCUT2D eigenvalue weighted by molar-refractivity contribution is 7.98. The Kier molecular flexibility index (Phi) is 3.94. The summed E-state index contributed by atoms with van der Waals surface area (Å²) in [5, 5.41) is 1.06. The molecule has 0 atom stereocenters.